The number of halogens is 9. The second-order valence-electron chi connectivity index (χ2n) is 12.8. The minimum absolute atomic E-state index is 0.0392. The van der Waals surface area contributed by atoms with Crippen LogP contribution in [0.2, 0.25) is 29.7 Å². The fraction of sp³-hybridized carbons (Fsp3) is 0.189. The minimum Gasteiger partial charge on any atom is -0.305 e. The van der Waals surface area contributed by atoms with E-state index >= 15 is 0 Å². The predicted octanol–water partition coefficient (Wildman–Crippen LogP) is 9.42. The van der Waals surface area contributed by atoms with E-state index in [0.717, 1.165) is 0 Å². The fourth-order valence-electron chi connectivity index (χ4n) is 5.50. The molecule has 0 unspecified atom stereocenters. The minimum atomic E-state index is -1.80. The van der Waals surface area contributed by atoms with Crippen molar-refractivity contribution in [3.63, 3.8) is 0 Å². The van der Waals surface area contributed by atoms with E-state index in [2.05, 4.69) is 21.7 Å². The van der Waals surface area contributed by atoms with Gasteiger partial charge >= 0.3 is 0 Å². The Bertz CT molecular complexity index is 2600. The van der Waals surface area contributed by atoms with Crippen molar-refractivity contribution in [1.82, 2.24) is 28.7 Å². The van der Waals surface area contributed by atoms with Crippen LogP contribution in [0.25, 0.3) is 33.9 Å². The lowest BCUT2D eigenvalue weighted by Crippen LogP contribution is -2.26. The molecule has 55 heavy (non-hydrogen) atoms. The zero-order chi connectivity index (χ0) is 40.5. The van der Waals surface area contributed by atoms with Crippen LogP contribution in [0.5, 0.6) is 0 Å². The van der Waals surface area contributed by atoms with Gasteiger partial charge < -0.3 is 9.13 Å². The molecule has 8 nitrogen and oxygen atoms in total. The van der Waals surface area contributed by atoms with Crippen molar-refractivity contribution < 1.29 is 26.3 Å². The van der Waals surface area contributed by atoms with E-state index in [4.69, 9.17) is 23.2 Å². The van der Waals surface area contributed by atoms with Crippen LogP contribution in [-0.4, -0.2) is 36.8 Å². The van der Waals surface area contributed by atoms with Crippen molar-refractivity contribution in [3.05, 3.63) is 136 Å². The van der Waals surface area contributed by atoms with Gasteiger partial charge in [0, 0.05) is 49.7 Å². The molecule has 0 saturated heterocycles. The summed E-state index contributed by atoms with van der Waals surface area (Å²) in [6.07, 6.45) is 5.61. The van der Waals surface area contributed by atoms with Gasteiger partial charge in [-0.25, -0.2) is 35.7 Å². The molecule has 0 aliphatic heterocycles. The van der Waals surface area contributed by atoms with Crippen LogP contribution in [-0.2, 0) is 13.1 Å². The van der Waals surface area contributed by atoms with Gasteiger partial charge in [0.1, 0.15) is 43.0 Å². The van der Waals surface area contributed by atoms with Gasteiger partial charge in [-0.1, -0.05) is 48.8 Å². The van der Waals surface area contributed by atoms with Crippen molar-refractivity contribution in [2.75, 3.05) is 0 Å². The first-order chi connectivity index (χ1) is 25.8. The van der Waals surface area contributed by atoms with Gasteiger partial charge in [0.15, 0.2) is 0 Å². The molecule has 6 aromatic rings. The van der Waals surface area contributed by atoms with E-state index in [1.54, 1.807) is 13.8 Å². The number of nitrogens with zero attached hydrogens (tertiary/aromatic N) is 6. The Morgan fingerprint density at radius 2 is 1.07 bits per heavy atom. The summed E-state index contributed by atoms with van der Waals surface area (Å²) in [6, 6.07) is 5.17. The molecule has 0 amide bonds. The van der Waals surface area contributed by atoms with E-state index in [1.807, 2.05) is 42.2 Å². The molecule has 0 atom stereocenters. The Balaban J connectivity index is 0.000000214. The maximum atomic E-state index is 14.7. The molecule has 2 aromatic carbocycles. The smallest absolute Gasteiger partial charge is 0.266 e. The molecule has 18 heteroatoms. The van der Waals surface area contributed by atoms with Crippen molar-refractivity contribution in [2.45, 2.75) is 46.6 Å². The third-order valence-electron chi connectivity index (χ3n) is 7.78. The van der Waals surface area contributed by atoms with Gasteiger partial charge in [-0.05, 0) is 48.6 Å². The Labute approximate surface area is 335 Å². The van der Waals surface area contributed by atoms with Gasteiger partial charge in [-0.2, -0.15) is 10.2 Å². The Morgan fingerprint density at radius 3 is 1.44 bits per heavy atom. The first-order valence-electron chi connectivity index (χ1n) is 16.3. The molecule has 6 rings (SSSR count). The van der Waals surface area contributed by atoms with Crippen molar-refractivity contribution in [2.24, 2.45) is 0 Å². The second-order valence-corrected chi connectivity index (χ2v) is 19.6. The second kappa shape index (κ2) is 16.7. The Kier molecular flexibility index (Phi) is 12.6. The number of hydrogen-bond acceptors (Lipinski definition) is 4. The average molecular weight is 930 g/mol. The zero-order valence-corrected chi connectivity index (χ0v) is 34.3. The summed E-state index contributed by atoms with van der Waals surface area (Å²) < 4.78 is 90.3. The zero-order valence-electron chi connectivity index (χ0n) is 29.6. The van der Waals surface area contributed by atoms with Crippen molar-refractivity contribution in [3.8, 4) is 45.4 Å². The molecular weight excluding hydrogens is 900 g/mol. The van der Waals surface area contributed by atoms with Gasteiger partial charge in [0.2, 0.25) is 0 Å². The molecule has 0 N–H and O–H groups in total. The van der Waals surface area contributed by atoms with Crippen LogP contribution in [0.3, 0.4) is 0 Å². The van der Waals surface area contributed by atoms with Gasteiger partial charge in [0.05, 0.1) is 65.5 Å². The van der Waals surface area contributed by atoms with Crippen LogP contribution in [0.4, 0.5) is 26.3 Å². The summed E-state index contributed by atoms with van der Waals surface area (Å²) in [5, 5.41) is 8.77. The first kappa shape index (κ1) is 41.6. The summed E-state index contributed by atoms with van der Waals surface area (Å²) in [4.78, 5) is 25.5. The lowest BCUT2D eigenvalue weighted by Gasteiger charge is -2.18. The van der Waals surface area contributed by atoms with Crippen LogP contribution >= 0.6 is 45.8 Å². The maximum absolute atomic E-state index is 14.7. The molecule has 0 aliphatic rings. The summed E-state index contributed by atoms with van der Waals surface area (Å²) in [5.74, 6) is -3.66. The SMILES string of the molecule is CCn1c(-c2c(F)cc(F)cc2F)c(-n2cc(Cl)cn2)cc(C#C[Si](C)(C)C)c1=O.CCn1c(-c2c(F)cc(F)cc2F)c(-n2cc(Cl)cn2)cc(I)c1=O. The number of benzene rings is 2. The van der Waals surface area contributed by atoms with Crippen LogP contribution in [0.15, 0.2) is 70.8 Å². The molecule has 0 saturated carbocycles. The highest BCUT2D eigenvalue weighted by molar-refractivity contribution is 14.1. The fourth-order valence-corrected chi connectivity index (χ4v) is 6.86. The summed E-state index contributed by atoms with van der Waals surface area (Å²) in [7, 11) is -1.80. The van der Waals surface area contributed by atoms with E-state index in [9.17, 15) is 35.9 Å². The third-order valence-corrected chi connectivity index (χ3v) is 9.82. The molecule has 4 aromatic heterocycles. The number of rotatable bonds is 6. The van der Waals surface area contributed by atoms with Gasteiger partial charge in [-0.3, -0.25) is 9.59 Å². The monoisotopic (exact) mass is 928 g/mol. The summed E-state index contributed by atoms with van der Waals surface area (Å²) in [5.41, 5.74) is 1.70. The first-order valence-corrected chi connectivity index (χ1v) is 21.6. The lowest BCUT2D eigenvalue weighted by atomic mass is 10.1. The van der Waals surface area contributed by atoms with Crippen molar-refractivity contribution in [1.29, 1.82) is 0 Å². The Hall–Kier alpha value is -4.57. The lowest BCUT2D eigenvalue weighted by molar-refractivity contribution is 0.543. The van der Waals surface area contributed by atoms with Crippen LogP contribution < -0.4 is 11.1 Å². The van der Waals surface area contributed by atoms with Crippen molar-refractivity contribution >= 4 is 53.9 Å². The molecule has 0 aliphatic carbocycles. The summed E-state index contributed by atoms with van der Waals surface area (Å²) in [6.45, 7) is 9.69. The largest absolute Gasteiger partial charge is 0.305 e. The highest BCUT2D eigenvalue weighted by Crippen LogP contribution is 2.34. The predicted molar refractivity (Wildman–Crippen MR) is 211 cm³/mol. The van der Waals surface area contributed by atoms with Gasteiger partial charge in [-0.15, -0.1) is 5.54 Å². The molecule has 0 bridgehead atoms. The van der Waals surface area contributed by atoms with Crippen LogP contribution in [0.1, 0.15) is 19.4 Å². The standard InChI is InChI=1S/C21H19ClF3N3OSi.C16H10ClF3IN3O/c1-5-27-20(19-16(24)9-15(23)10-17(19)25)18(28-12-14(22)11-26-28)8-13(21(27)29)6-7-30(2,3)4;1-2-23-15(14-10(19)3-9(18)4-11(14)20)13(5-12(21)16(23)25)24-7-8(17)6-22-24/h8-12H,5H2,1-4H3;3-7H,2H2,1H3. The number of aromatic nitrogens is 6. The molecule has 0 fully saturated rings. The van der Waals surface area contributed by atoms with E-state index < -0.39 is 65.2 Å². The molecular formula is C37H29Cl2F6IN6O2Si. The molecule has 4 heterocycles. The molecule has 286 valence electrons. The normalized spacial score (nSPS) is 11.2. The van der Waals surface area contributed by atoms with E-state index in [-0.39, 0.29) is 41.4 Å². The quantitative estimate of drug-likeness (QED) is 0.0723. The van der Waals surface area contributed by atoms with E-state index in [0.29, 0.717) is 37.9 Å². The Morgan fingerprint density at radius 1 is 0.673 bits per heavy atom. The molecule has 0 spiro atoms. The summed E-state index contributed by atoms with van der Waals surface area (Å²) >= 11 is 13.7. The number of hydrogen-bond donors (Lipinski definition) is 0. The topological polar surface area (TPSA) is 79.6 Å². The average Bonchev–Trinajstić information content (AvgIpc) is 3.73. The number of pyridine rings is 2. The van der Waals surface area contributed by atoms with Gasteiger partial charge in [0.25, 0.3) is 11.1 Å². The maximum Gasteiger partial charge on any atom is 0.266 e. The molecule has 0 radical (unpaired) electrons. The van der Waals surface area contributed by atoms with E-state index in [1.165, 1.54) is 55.4 Å². The third kappa shape index (κ3) is 8.95. The van der Waals surface area contributed by atoms with Crippen LogP contribution in [0, 0.1) is 49.9 Å². The highest BCUT2D eigenvalue weighted by Gasteiger charge is 2.25. The highest BCUT2D eigenvalue weighted by atomic mass is 127.